The van der Waals surface area contributed by atoms with E-state index in [9.17, 15) is 0 Å². The van der Waals surface area contributed by atoms with Gasteiger partial charge in [0.15, 0.2) is 0 Å². The Kier molecular flexibility index (Phi) is 3.73. The monoisotopic (exact) mass is 331 g/mol. The van der Waals surface area contributed by atoms with Crippen LogP contribution in [0.5, 0.6) is 0 Å². The molecule has 0 spiro atoms. The molecule has 0 atom stereocenters. The van der Waals surface area contributed by atoms with Crippen molar-refractivity contribution in [1.29, 1.82) is 0 Å². The molecule has 0 saturated carbocycles. The van der Waals surface area contributed by atoms with Gasteiger partial charge in [-0.15, -0.1) is 16.8 Å². The Morgan fingerprint density at radius 2 is 1.65 bits per heavy atom. The summed E-state index contributed by atoms with van der Waals surface area (Å²) in [5.41, 5.74) is 1.95. The molecule has 1 heterocycles. The van der Waals surface area contributed by atoms with Crippen LogP contribution in [0.1, 0.15) is 0 Å². The van der Waals surface area contributed by atoms with Crippen molar-refractivity contribution in [2.24, 2.45) is 0 Å². The van der Waals surface area contributed by atoms with E-state index in [0.717, 1.165) is 11.1 Å². The number of fused-ring (bicyclic) bond motifs is 3. The minimum atomic E-state index is 0. The van der Waals surface area contributed by atoms with Crippen LogP contribution in [-0.2, 0) is 32.7 Å². The molecule has 0 bridgehead atoms. The fourth-order valence-electron chi connectivity index (χ4n) is 2.47. The van der Waals surface area contributed by atoms with E-state index in [0.29, 0.717) is 0 Å². The predicted molar refractivity (Wildman–Crippen MR) is 76.8 cm³/mol. The zero-order valence-corrected chi connectivity index (χ0v) is 13.6. The number of benzene rings is 3. The molecule has 0 aliphatic heterocycles. The van der Waals surface area contributed by atoms with E-state index in [-0.39, 0.29) is 32.7 Å². The summed E-state index contributed by atoms with van der Waals surface area (Å²) in [5, 5.41) is 4.95. The van der Waals surface area contributed by atoms with Gasteiger partial charge < -0.3 is 4.42 Å². The largest absolute Gasteiger partial charge is 0.576 e. The molecular weight excluding hydrogens is 321 g/mol. The summed E-state index contributed by atoms with van der Waals surface area (Å²) in [5.74, 6) is 0. The van der Waals surface area contributed by atoms with Crippen LogP contribution in [0.3, 0.4) is 0 Å². The Morgan fingerprint density at radius 1 is 0.800 bits per heavy atom. The van der Waals surface area contributed by atoms with Crippen molar-refractivity contribution in [3.63, 3.8) is 0 Å². The van der Waals surface area contributed by atoms with Crippen molar-refractivity contribution >= 4 is 21.5 Å². The van der Waals surface area contributed by atoms with E-state index in [1.54, 1.807) is 6.26 Å². The summed E-state index contributed by atoms with van der Waals surface area (Å²) >= 11 is 0. The first kappa shape index (κ1) is 13.5. The molecule has 0 N–H and O–H groups in total. The molecule has 0 unspecified atom stereocenters. The maximum atomic E-state index is 5.02. The second-order valence-electron chi connectivity index (χ2n) is 4.57. The molecule has 4 rings (SSSR count). The van der Waals surface area contributed by atoms with Crippen LogP contribution in [-0.4, -0.2) is 0 Å². The van der Waals surface area contributed by atoms with E-state index in [4.69, 9.17) is 4.42 Å². The van der Waals surface area contributed by atoms with Gasteiger partial charge in [-0.05, 0) is 23.3 Å². The van der Waals surface area contributed by atoms with Crippen LogP contribution in [0.4, 0.5) is 0 Å². The Bertz CT molecular complexity index is 863. The summed E-state index contributed by atoms with van der Waals surface area (Å²) < 4.78 is 5.02. The average molecular weight is 331 g/mol. The molecule has 3 aromatic carbocycles. The maximum absolute atomic E-state index is 5.02. The first-order valence-corrected chi connectivity index (χ1v) is 6.20. The van der Waals surface area contributed by atoms with Gasteiger partial charge >= 0.3 is 0 Å². The number of furan rings is 1. The molecular formula is C18H10OY-2. The van der Waals surface area contributed by atoms with Crippen LogP contribution < -0.4 is 0 Å². The zero-order valence-electron chi connectivity index (χ0n) is 10.8. The van der Waals surface area contributed by atoms with E-state index in [1.807, 2.05) is 12.1 Å². The van der Waals surface area contributed by atoms with E-state index in [1.165, 1.54) is 21.5 Å². The molecule has 1 nitrogen and oxygen atoms in total. The molecule has 0 amide bonds. The average Bonchev–Trinajstić information content (AvgIpc) is 3.01. The molecule has 0 fully saturated rings. The smallest absolute Gasteiger partial charge is 0 e. The van der Waals surface area contributed by atoms with Crippen molar-refractivity contribution < 1.29 is 37.1 Å². The molecule has 93 valence electrons. The van der Waals surface area contributed by atoms with Crippen molar-refractivity contribution in [1.82, 2.24) is 0 Å². The minimum Gasteiger partial charge on any atom is -0.576 e. The Labute approximate surface area is 142 Å². The summed E-state index contributed by atoms with van der Waals surface area (Å²) in [6.45, 7) is 0. The van der Waals surface area contributed by atoms with E-state index < -0.39 is 0 Å². The van der Waals surface area contributed by atoms with Crippen LogP contribution in [0.2, 0.25) is 0 Å². The topological polar surface area (TPSA) is 13.1 Å². The van der Waals surface area contributed by atoms with Crippen LogP contribution in [0.15, 0.2) is 65.3 Å². The summed E-state index contributed by atoms with van der Waals surface area (Å²) in [4.78, 5) is 0. The van der Waals surface area contributed by atoms with Crippen molar-refractivity contribution in [2.75, 3.05) is 0 Å². The van der Waals surface area contributed by atoms with Gasteiger partial charge in [0, 0.05) is 32.7 Å². The van der Waals surface area contributed by atoms with Crippen LogP contribution in [0, 0.1) is 12.3 Å². The molecule has 1 radical (unpaired) electrons. The van der Waals surface area contributed by atoms with Gasteiger partial charge in [0.1, 0.15) is 0 Å². The predicted octanol–water partition coefficient (Wildman–Crippen LogP) is 4.85. The third kappa shape index (κ3) is 2.21. The second kappa shape index (κ2) is 5.51. The van der Waals surface area contributed by atoms with Crippen molar-refractivity contribution in [2.45, 2.75) is 0 Å². The van der Waals surface area contributed by atoms with E-state index in [2.05, 4.69) is 54.8 Å². The summed E-state index contributed by atoms with van der Waals surface area (Å²) in [6, 6.07) is 22.1. The SMILES string of the molecule is [Y].[c-]1occc1-c1[c-]cc2ccc3ccccc3c2c1. The van der Waals surface area contributed by atoms with Gasteiger partial charge in [-0.25, -0.2) is 5.56 Å². The third-order valence-corrected chi connectivity index (χ3v) is 3.44. The summed E-state index contributed by atoms with van der Waals surface area (Å²) in [7, 11) is 0. The number of rotatable bonds is 1. The van der Waals surface area contributed by atoms with Gasteiger partial charge in [0.2, 0.25) is 0 Å². The Hall–Kier alpha value is -1.44. The maximum Gasteiger partial charge on any atom is 0 e. The first-order valence-electron chi connectivity index (χ1n) is 6.20. The third-order valence-electron chi connectivity index (χ3n) is 3.44. The Morgan fingerprint density at radius 3 is 2.50 bits per heavy atom. The van der Waals surface area contributed by atoms with Gasteiger partial charge in [0.05, 0.1) is 0 Å². The summed E-state index contributed by atoms with van der Waals surface area (Å²) in [6.07, 6.45) is 4.50. The van der Waals surface area contributed by atoms with Crippen LogP contribution >= 0.6 is 0 Å². The fraction of sp³-hybridized carbons (Fsp3) is 0. The normalized spacial score (nSPS) is 10.6. The first-order chi connectivity index (χ1) is 9.42. The molecule has 20 heavy (non-hydrogen) atoms. The molecule has 1 aromatic heterocycles. The molecule has 0 aliphatic carbocycles. The molecule has 0 aliphatic rings. The van der Waals surface area contributed by atoms with Gasteiger partial charge in [-0.3, -0.25) is 0 Å². The van der Waals surface area contributed by atoms with Crippen molar-refractivity contribution in [3.05, 3.63) is 73.2 Å². The second-order valence-corrected chi connectivity index (χ2v) is 4.57. The fourth-order valence-corrected chi connectivity index (χ4v) is 2.47. The quantitative estimate of drug-likeness (QED) is 0.359. The number of hydrogen-bond acceptors (Lipinski definition) is 1. The van der Waals surface area contributed by atoms with Gasteiger partial charge in [-0.1, -0.05) is 36.4 Å². The zero-order chi connectivity index (χ0) is 12.7. The molecule has 4 aromatic rings. The Balaban J connectivity index is 0.00000121. The minimum absolute atomic E-state index is 0. The van der Waals surface area contributed by atoms with Crippen molar-refractivity contribution in [3.8, 4) is 11.1 Å². The number of hydrogen-bond donors (Lipinski definition) is 0. The standard InChI is InChI=1S/C18H10O.Y/c1-2-4-17-13(3-1)5-6-14-7-8-15(11-18(14)17)16-9-10-19-12-16;/h1-7,9-11H;/q-2;. The van der Waals surface area contributed by atoms with Crippen LogP contribution in [0.25, 0.3) is 32.7 Å². The van der Waals surface area contributed by atoms with Gasteiger partial charge in [-0.2, -0.15) is 23.8 Å². The van der Waals surface area contributed by atoms with E-state index >= 15 is 0 Å². The molecule has 2 heteroatoms. The molecule has 0 saturated heterocycles. The van der Waals surface area contributed by atoms with Gasteiger partial charge in [0.25, 0.3) is 0 Å².